The average molecular weight is 496 g/mol. The summed E-state index contributed by atoms with van der Waals surface area (Å²) in [5, 5.41) is 3.67. The number of H-pyrrole nitrogens is 1. The maximum atomic E-state index is 13.2. The second kappa shape index (κ2) is 9.98. The lowest BCUT2D eigenvalue weighted by atomic mass is 9.99. The molecule has 186 valence electrons. The van der Waals surface area contributed by atoms with Crippen LogP contribution >= 0.6 is 0 Å². The number of cyclic esters (lactones) is 1. The van der Waals surface area contributed by atoms with E-state index in [1.165, 1.54) is 0 Å². The number of carbonyl (C=O) groups is 3. The van der Waals surface area contributed by atoms with Crippen LogP contribution in [0.4, 0.5) is 16.2 Å². The SMILES string of the molecule is CC(C(=O)Nc1ccnc2[nH]cc(/C=C(/C(N)=O)c3ccccc3)c12)c1ccc(N2CCOC2=O)cc1. The number of amides is 3. The Morgan fingerprint density at radius 3 is 2.57 bits per heavy atom. The Balaban J connectivity index is 1.41. The first-order chi connectivity index (χ1) is 17.9. The number of rotatable bonds is 7. The van der Waals surface area contributed by atoms with Crippen molar-refractivity contribution in [2.75, 3.05) is 23.4 Å². The fourth-order valence-electron chi connectivity index (χ4n) is 4.33. The lowest BCUT2D eigenvalue weighted by Gasteiger charge is -2.16. The number of benzene rings is 2. The van der Waals surface area contributed by atoms with Gasteiger partial charge in [0, 0.05) is 34.6 Å². The molecule has 9 nitrogen and oxygen atoms in total. The summed E-state index contributed by atoms with van der Waals surface area (Å²) >= 11 is 0. The molecule has 1 aliphatic rings. The summed E-state index contributed by atoms with van der Waals surface area (Å²) in [6, 6.07) is 18.1. The van der Waals surface area contributed by atoms with Crippen LogP contribution in [-0.4, -0.2) is 41.0 Å². The Morgan fingerprint density at radius 2 is 1.89 bits per heavy atom. The van der Waals surface area contributed by atoms with Crippen LogP contribution in [0.1, 0.15) is 29.5 Å². The van der Waals surface area contributed by atoms with E-state index in [1.807, 2.05) is 49.4 Å². The summed E-state index contributed by atoms with van der Waals surface area (Å²) in [4.78, 5) is 46.3. The standard InChI is InChI=1S/C28H25N5O4/c1-17(18-7-9-21(10-8-18)33-13-14-37-28(33)36)27(35)32-23-11-12-30-26-24(23)20(16-31-26)15-22(25(29)34)19-5-3-2-4-6-19/h2-12,15-17H,13-14H2,1H3,(H2,29,34)(H2,30,31,32,35)/b22-15+. The summed E-state index contributed by atoms with van der Waals surface area (Å²) in [5.41, 5.74) is 10.0. The summed E-state index contributed by atoms with van der Waals surface area (Å²) in [5.74, 6) is -1.24. The molecule has 4 aromatic rings. The molecule has 0 radical (unpaired) electrons. The molecule has 1 unspecified atom stereocenters. The van der Waals surface area contributed by atoms with E-state index in [2.05, 4.69) is 15.3 Å². The van der Waals surface area contributed by atoms with Gasteiger partial charge in [0.25, 0.3) is 0 Å². The zero-order valence-electron chi connectivity index (χ0n) is 20.1. The summed E-state index contributed by atoms with van der Waals surface area (Å²) in [6.07, 6.45) is 4.65. The molecule has 3 amide bonds. The Hall–Kier alpha value is -4.92. The highest BCUT2D eigenvalue weighted by Gasteiger charge is 2.24. The molecule has 4 N–H and O–H groups in total. The third kappa shape index (κ3) is 4.79. The van der Waals surface area contributed by atoms with E-state index in [-0.39, 0.29) is 12.0 Å². The molecule has 0 saturated carbocycles. The van der Waals surface area contributed by atoms with Crippen molar-refractivity contribution in [1.29, 1.82) is 0 Å². The highest BCUT2D eigenvalue weighted by Crippen LogP contribution is 2.30. The number of hydrogen-bond donors (Lipinski definition) is 3. The van der Waals surface area contributed by atoms with Crippen molar-refractivity contribution in [3.63, 3.8) is 0 Å². The Morgan fingerprint density at radius 1 is 1.14 bits per heavy atom. The smallest absolute Gasteiger partial charge is 0.414 e. The van der Waals surface area contributed by atoms with Crippen molar-refractivity contribution in [2.24, 2.45) is 5.73 Å². The second-order valence-electron chi connectivity index (χ2n) is 8.68. The van der Waals surface area contributed by atoms with E-state index in [0.29, 0.717) is 46.6 Å². The van der Waals surface area contributed by atoms with E-state index in [1.54, 1.807) is 41.6 Å². The number of aromatic amines is 1. The van der Waals surface area contributed by atoms with Gasteiger partial charge in [-0.2, -0.15) is 0 Å². The van der Waals surface area contributed by atoms with Crippen LogP contribution in [0.25, 0.3) is 22.7 Å². The van der Waals surface area contributed by atoms with Crippen molar-refractivity contribution in [2.45, 2.75) is 12.8 Å². The highest BCUT2D eigenvalue weighted by atomic mass is 16.6. The Labute approximate surface area is 212 Å². The zero-order valence-corrected chi connectivity index (χ0v) is 20.1. The van der Waals surface area contributed by atoms with Gasteiger partial charge in [-0.3, -0.25) is 14.5 Å². The molecule has 1 saturated heterocycles. The number of primary amides is 1. The largest absolute Gasteiger partial charge is 0.447 e. The number of nitrogens with zero attached hydrogens (tertiary/aromatic N) is 2. The van der Waals surface area contributed by atoms with E-state index >= 15 is 0 Å². The molecule has 5 rings (SSSR count). The van der Waals surface area contributed by atoms with Crippen molar-refractivity contribution >= 4 is 52.0 Å². The molecule has 1 fully saturated rings. The molecular weight excluding hydrogens is 470 g/mol. The third-order valence-corrected chi connectivity index (χ3v) is 6.37. The molecular formula is C28H25N5O4. The van der Waals surface area contributed by atoms with Crippen LogP contribution in [-0.2, 0) is 14.3 Å². The molecule has 2 aromatic carbocycles. The minimum absolute atomic E-state index is 0.213. The normalized spacial score (nSPS) is 14.5. The van der Waals surface area contributed by atoms with Crippen molar-refractivity contribution in [3.05, 3.63) is 89.7 Å². The minimum atomic E-state index is -0.561. The van der Waals surface area contributed by atoms with E-state index < -0.39 is 11.8 Å². The number of ether oxygens (including phenoxy) is 1. The predicted molar refractivity (Wildman–Crippen MR) is 142 cm³/mol. The van der Waals surface area contributed by atoms with Gasteiger partial charge in [-0.15, -0.1) is 0 Å². The van der Waals surface area contributed by atoms with Crippen LogP contribution < -0.4 is 16.0 Å². The molecule has 1 aliphatic heterocycles. The van der Waals surface area contributed by atoms with E-state index in [4.69, 9.17) is 10.5 Å². The van der Waals surface area contributed by atoms with Gasteiger partial charge in [0.1, 0.15) is 12.3 Å². The number of nitrogens with one attached hydrogen (secondary N) is 2. The van der Waals surface area contributed by atoms with Crippen LogP contribution in [0, 0.1) is 0 Å². The van der Waals surface area contributed by atoms with Gasteiger partial charge in [-0.05, 0) is 42.3 Å². The van der Waals surface area contributed by atoms with Gasteiger partial charge < -0.3 is 20.8 Å². The number of aromatic nitrogens is 2. The van der Waals surface area contributed by atoms with Crippen LogP contribution in [0.5, 0.6) is 0 Å². The van der Waals surface area contributed by atoms with Gasteiger partial charge >= 0.3 is 6.09 Å². The average Bonchev–Trinajstić information content (AvgIpc) is 3.53. The number of hydrogen-bond acceptors (Lipinski definition) is 5. The maximum absolute atomic E-state index is 13.2. The topological polar surface area (TPSA) is 130 Å². The van der Waals surface area contributed by atoms with E-state index in [0.717, 1.165) is 11.3 Å². The van der Waals surface area contributed by atoms with Crippen molar-refractivity contribution in [3.8, 4) is 0 Å². The lowest BCUT2D eigenvalue weighted by Crippen LogP contribution is -2.23. The van der Waals surface area contributed by atoms with Gasteiger partial charge in [0.15, 0.2) is 0 Å². The zero-order chi connectivity index (χ0) is 25.9. The summed E-state index contributed by atoms with van der Waals surface area (Å²) < 4.78 is 4.99. The fraction of sp³-hybridized carbons (Fsp3) is 0.143. The molecule has 2 aromatic heterocycles. The highest BCUT2D eigenvalue weighted by molar-refractivity contribution is 6.24. The first kappa shape index (κ1) is 23.8. The molecule has 3 heterocycles. The molecule has 37 heavy (non-hydrogen) atoms. The lowest BCUT2D eigenvalue weighted by molar-refractivity contribution is -0.117. The van der Waals surface area contributed by atoms with Gasteiger partial charge in [0.2, 0.25) is 11.8 Å². The first-order valence-electron chi connectivity index (χ1n) is 11.8. The van der Waals surface area contributed by atoms with Gasteiger partial charge in [-0.1, -0.05) is 42.5 Å². The Kier molecular flexibility index (Phi) is 6.42. The number of anilines is 2. The van der Waals surface area contributed by atoms with Crippen molar-refractivity contribution in [1.82, 2.24) is 9.97 Å². The number of nitrogens with two attached hydrogens (primary N) is 1. The number of pyridine rings is 1. The first-order valence-corrected chi connectivity index (χ1v) is 11.8. The predicted octanol–water partition coefficient (Wildman–Crippen LogP) is 4.29. The minimum Gasteiger partial charge on any atom is -0.447 e. The fourth-order valence-corrected chi connectivity index (χ4v) is 4.33. The maximum Gasteiger partial charge on any atom is 0.414 e. The van der Waals surface area contributed by atoms with E-state index in [9.17, 15) is 14.4 Å². The molecule has 9 heteroatoms. The van der Waals surface area contributed by atoms with Gasteiger partial charge in [0.05, 0.1) is 18.2 Å². The molecule has 1 atom stereocenters. The molecule has 0 spiro atoms. The summed E-state index contributed by atoms with van der Waals surface area (Å²) in [7, 11) is 0. The quantitative estimate of drug-likeness (QED) is 0.329. The van der Waals surface area contributed by atoms with Gasteiger partial charge in [-0.25, -0.2) is 9.78 Å². The van der Waals surface area contributed by atoms with Crippen LogP contribution in [0.3, 0.4) is 0 Å². The molecule has 0 bridgehead atoms. The van der Waals surface area contributed by atoms with Crippen LogP contribution in [0.15, 0.2) is 73.1 Å². The van der Waals surface area contributed by atoms with Crippen LogP contribution in [0.2, 0.25) is 0 Å². The third-order valence-electron chi connectivity index (χ3n) is 6.37. The Bertz CT molecular complexity index is 1510. The molecule has 0 aliphatic carbocycles. The summed E-state index contributed by atoms with van der Waals surface area (Å²) in [6.45, 7) is 2.68. The number of carbonyl (C=O) groups excluding carboxylic acids is 3. The second-order valence-corrected chi connectivity index (χ2v) is 8.68. The number of fused-ring (bicyclic) bond motifs is 1. The van der Waals surface area contributed by atoms with Crippen molar-refractivity contribution < 1.29 is 19.1 Å². The monoisotopic (exact) mass is 495 g/mol.